The lowest BCUT2D eigenvalue weighted by atomic mass is 10.1. The molecule has 164 valence electrons. The van der Waals surface area contributed by atoms with E-state index in [0.29, 0.717) is 0 Å². The Bertz CT molecular complexity index is 1410. The molecule has 0 amide bonds. The highest BCUT2D eigenvalue weighted by molar-refractivity contribution is 6.03. The van der Waals surface area contributed by atoms with Gasteiger partial charge in [0.05, 0.1) is 18.0 Å². The molecule has 0 saturated heterocycles. The Labute approximate surface area is 193 Å². The maximum absolute atomic E-state index is 10.2. The summed E-state index contributed by atoms with van der Waals surface area (Å²) in [6.45, 7) is 1.99. The molecule has 0 spiro atoms. The SMILES string of the molecule is Cc1cccc(NC(CO)Nc2c(Nc3cccc4ccccc34)ccc3ccccc23)c1. The van der Waals surface area contributed by atoms with Crippen molar-refractivity contribution in [1.82, 2.24) is 0 Å². The largest absolute Gasteiger partial charge is 0.392 e. The van der Waals surface area contributed by atoms with Crippen LogP contribution in [0.2, 0.25) is 0 Å². The molecule has 5 aromatic rings. The van der Waals surface area contributed by atoms with Crippen LogP contribution in [0.25, 0.3) is 21.5 Å². The molecule has 0 aliphatic rings. The van der Waals surface area contributed by atoms with Crippen LogP contribution in [0, 0.1) is 6.92 Å². The first kappa shape index (κ1) is 20.9. The molecule has 1 atom stereocenters. The van der Waals surface area contributed by atoms with Crippen molar-refractivity contribution in [2.45, 2.75) is 13.1 Å². The normalized spacial score (nSPS) is 11.9. The summed E-state index contributed by atoms with van der Waals surface area (Å²) in [5.41, 5.74) is 5.07. The van der Waals surface area contributed by atoms with E-state index in [1.165, 1.54) is 10.9 Å². The summed E-state index contributed by atoms with van der Waals surface area (Å²) in [6, 6.07) is 35.3. The molecule has 0 bridgehead atoms. The van der Waals surface area contributed by atoms with Gasteiger partial charge in [-0.15, -0.1) is 0 Å². The van der Waals surface area contributed by atoms with Gasteiger partial charge in [-0.25, -0.2) is 0 Å². The van der Waals surface area contributed by atoms with Crippen LogP contribution in [0.3, 0.4) is 0 Å². The number of benzene rings is 5. The number of hydrogen-bond acceptors (Lipinski definition) is 4. The van der Waals surface area contributed by atoms with Crippen molar-refractivity contribution in [3.8, 4) is 0 Å². The topological polar surface area (TPSA) is 56.3 Å². The number of nitrogens with one attached hydrogen (secondary N) is 3. The Hall–Kier alpha value is -4.02. The highest BCUT2D eigenvalue weighted by Gasteiger charge is 2.14. The number of hydrogen-bond donors (Lipinski definition) is 4. The zero-order chi connectivity index (χ0) is 22.6. The fourth-order valence-corrected chi connectivity index (χ4v) is 4.25. The maximum atomic E-state index is 10.2. The molecular weight excluding hydrogens is 406 g/mol. The lowest BCUT2D eigenvalue weighted by Gasteiger charge is -2.24. The van der Waals surface area contributed by atoms with Crippen LogP contribution in [0.1, 0.15) is 5.56 Å². The summed E-state index contributed by atoms with van der Waals surface area (Å²) in [5, 5.41) is 25.3. The van der Waals surface area contributed by atoms with Gasteiger partial charge in [0.15, 0.2) is 0 Å². The first-order chi connectivity index (χ1) is 16.2. The van der Waals surface area contributed by atoms with Crippen LogP contribution >= 0.6 is 0 Å². The predicted molar refractivity (Wildman–Crippen MR) is 140 cm³/mol. The van der Waals surface area contributed by atoms with E-state index >= 15 is 0 Å². The predicted octanol–water partition coefficient (Wildman–Crippen LogP) is 6.89. The Morgan fingerprint density at radius 3 is 2.15 bits per heavy atom. The summed E-state index contributed by atoms with van der Waals surface area (Å²) >= 11 is 0. The van der Waals surface area contributed by atoms with Crippen molar-refractivity contribution in [2.75, 3.05) is 22.6 Å². The first-order valence-corrected chi connectivity index (χ1v) is 11.2. The highest BCUT2D eigenvalue weighted by Crippen LogP contribution is 2.36. The fraction of sp³-hybridized carbons (Fsp3) is 0.103. The molecule has 0 heterocycles. The molecule has 0 aliphatic heterocycles. The second-order valence-electron chi connectivity index (χ2n) is 8.25. The molecule has 4 heteroatoms. The summed E-state index contributed by atoms with van der Waals surface area (Å²) in [6.07, 6.45) is -0.356. The molecule has 4 nitrogen and oxygen atoms in total. The molecule has 0 radical (unpaired) electrons. The van der Waals surface area contributed by atoms with E-state index in [2.05, 4.69) is 102 Å². The van der Waals surface area contributed by atoms with E-state index in [9.17, 15) is 5.11 Å². The Morgan fingerprint density at radius 1 is 0.667 bits per heavy atom. The van der Waals surface area contributed by atoms with Crippen LogP contribution in [0.5, 0.6) is 0 Å². The van der Waals surface area contributed by atoms with Gasteiger partial charge < -0.3 is 21.1 Å². The number of anilines is 4. The van der Waals surface area contributed by atoms with E-state index < -0.39 is 0 Å². The summed E-state index contributed by atoms with van der Waals surface area (Å²) in [4.78, 5) is 0. The minimum atomic E-state index is -0.356. The van der Waals surface area contributed by atoms with E-state index in [0.717, 1.165) is 38.9 Å². The molecule has 0 aromatic heterocycles. The summed E-state index contributed by atoms with van der Waals surface area (Å²) in [5.74, 6) is 0. The van der Waals surface area contributed by atoms with Gasteiger partial charge in [0.1, 0.15) is 6.17 Å². The fourth-order valence-electron chi connectivity index (χ4n) is 4.25. The third-order valence-electron chi connectivity index (χ3n) is 5.85. The molecule has 0 fully saturated rings. The minimum Gasteiger partial charge on any atom is -0.392 e. The number of rotatable bonds is 7. The number of aliphatic hydroxyl groups excluding tert-OH is 1. The van der Waals surface area contributed by atoms with E-state index in [-0.39, 0.29) is 12.8 Å². The van der Waals surface area contributed by atoms with Crippen LogP contribution in [-0.2, 0) is 0 Å². The molecule has 5 aromatic carbocycles. The first-order valence-electron chi connectivity index (χ1n) is 11.2. The molecule has 4 N–H and O–H groups in total. The number of aliphatic hydroxyl groups is 1. The Kier molecular flexibility index (Phi) is 5.83. The second kappa shape index (κ2) is 9.23. The third-order valence-corrected chi connectivity index (χ3v) is 5.85. The standard InChI is InChI=1S/C29H27N3O/c1-20-8-6-12-23(18-20)30-28(19-33)32-29-25-14-5-3-10-22(25)16-17-27(29)31-26-15-7-11-21-9-2-4-13-24(21)26/h2-18,28,30-33H,19H2,1H3. The van der Waals surface area contributed by atoms with Gasteiger partial charge in [-0.3, -0.25) is 0 Å². The van der Waals surface area contributed by atoms with Crippen LogP contribution < -0.4 is 16.0 Å². The van der Waals surface area contributed by atoms with Gasteiger partial charge in [0, 0.05) is 22.1 Å². The van der Waals surface area contributed by atoms with Crippen molar-refractivity contribution >= 4 is 44.3 Å². The van der Waals surface area contributed by atoms with Gasteiger partial charge in [0.2, 0.25) is 0 Å². The van der Waals surface area contributed by atoms with Crippen molar-refractivity contribution in [3.05, 3.63) is 109 Å². The zero-order valence-corrected chi connectivity index (χ0v) is 18.5. The maximum Gasteiger partial charge on any atom is 0.120 e. The highest BCUT2D eigenvalue weighted by atomic mass is 16.3. The Balaban J connectivity index is 1.54. The quantitative estimate of drug-likeness (QED) is 0.211. The molecular formula is C29H27N3O. The van der Waals surface area contributed by atoms with Gasteiger partial charge in [-0.1, -0.05) is 78.9 Å². The average molecular weight is 434 g/mol. The second-order valence-corrected chi connectivity index (χ2v) is 8.25. The molecule has 33 heavy (non-hydrogen) atoms. The number of fused-ring (bicyclic) bond motifs is 2. The van der Waals surface area contributed by atoms with Gasteiger partial charge in [0.25, 0.3) is 0 Å². The van der Waals surface area contributed by atoms with E-state index in [1.54, 1.807) is 0 Å². The zero-order valence-electron chi connectivity index (χ0n) is 18.5. The van der Waals surface area contributed by atoms with Gasteiger partial charge in [-0.2, -0.15) is 0 Å². The smallest absolute Gasteiger partial charge is 0.120 e. The van der Waals surface area contributed by atoms with Crippen LogP contribution in [0.4, 0.5) is 22.7 Å². The Morgan fingerprint density at radius 2 is 1.36 bits per heavy atom. The molecule has 0 saturated carbocycles. The van der Waals surface area contributed by atoms with Crippen LogP contribution in [-0.4, -0.2) is 17.9 Å². The van der Waals surface area contributed by atoms with E-state index in [4.69, 9.17) is 0 Å². The van der Waals surface area contributed by atoms with Crippen molar-refractivity contribution in [2.24, 2.45) is 0 Å². The minimum absolute atomic E-state index is 0.0646. The molecule has 1 unspecified atom stereocenters. The van der Waals surface area contributed by atoms with Gasteiger partial charge >= 0.3 is 0 Å². The van der Waals surface area contributed by atoms with Crippen LogP contribution in [0.15, 0.2) is 103 Å². The van der Waals surface area contributed by atoms with Crippen molar-refractivity contribution in [1.29, 1.82) is 0 Å². The number of aryl methyl sites for hydroxylation is 1. The van der Waals surface area contributed by atoms with E-state index in [1.807, 2.05) is 24.3 Å². The lowest BCUT2D eigenvalue weighted by Crippen LogP contribution is -2.32. The van der Waals surface area contributed by atoms with Gasteiger partial charge in [-0.05, 0) is 47.5 Å². The molecule has 0 aliphatic carbocycles. The summed E-state index contributed by atoms with van der Waals surface area (Å²) in [7, 11) is 0. The van der Waals surface area contributed by atoms with Crippen molar-refractivity contribution in [3.63, 3.8) is 0 Å². The molecule has 5 rings (SSSR count). The third kappa shape index (κ3) is 4.47. The lowest BCUT2D eigenvalue weighted by molar-refractivity contribution is 0.284. The average Bonchev–Trinajstić information content (AvgIpc) is 2.85. The summed E-state index contributed by atoms with van der Waals surface area (Å²) < 4.78 is 0. The van der Waals surface area contributed by atoms with Crippen molar-refractivity contribution < 1.29 is 5.11 Å². The monoisotopic (exact) mass is 433 g/mol.